The zero-order chi connectivity index (χ0) is 9.86. The molecule has 80 valence electrons. The average molecular weight is 213 g/mol. The van der Waals surface area contributed by atoms with Crippen molar-refractivity contribution >= 4 is 17.7 Å². The molecule has 2 aliphatic rings. The molecular weight excluding hydrogens is 194 g/mol. The summed E-state index contributed by atoms with van der Waals surface area (Å²) < 4.78 is 0.479. The van der Waals surface area contributed by atoms with Crippen LogP contribution in [-0.4, -0.2) is 36.6 Å². The Kier molecular flexibility index (Phi) is 3.21. The first kappa shape index (κ1) is 10.1. The van der Waals surface area contributed by atoms with Crippen LogP contribution in [0.25, 0.3) is 0 Å². The van der Waals surface area contributed by atoms with Gasteiger partial charge in [0.2, 0.25) is 0 Å². The lowest BCUT2D eigenvalue weighted by molar-refractivity contribution is 0.587. The normalized spacial score (nSPS) is 24.5. The molecule has 0 bridgehead atoms. The number of thioether (sulfide) groups is 1. The highest BCUT2D eigenvalue weighted by Crippen LogP contribution is 2.39. The molecular formula is C10H19N3S. The SMILES string of the molecule is CSC1(CNC2=NCCN2)CCCC1. The molecule has 0 saturated heterocycles. The summed E-state index contributed by atoms with van der Waals surface area (Å²) in [6.45, 7) is 2.99. The van der Waals surface area contributed by atoms with Crippen molar-refractivity contribution in [2.24, 2.45) is 4.99 Å². The summed E-state index contributed by atoms with van der Waals surface area (Å²) in [6.07, 6.45) is 7.73. The van der Waals surface area contributed by atoms with Crippen molar-refractivity contribution < 1.29 is 0 Å². The Morgan fingerprint density at radius 3 is 2.86 bits per heavy atom. The van der Waals surface area contributed by atoms with Gasteiger partial charge in [-0.25, -0.2) is 0 Å². The maximum atomic E-state index is 4.35. The number of aliphatic imine (C=N–C) groups is 1. The highest BCUT2D eigenvalue weighted by molar-refractivity contribution is 8.00. The molecule has 0 spiro atoms. The molecule has 2 N–H and O–H groups in total. The van der Waals surface area contributed by atoms with Gasteiger partial charge in [-0.1, -0.05) is 12.8 Å². The van der Waals surface area contributed by atoms with Crippen LogP contribution in [0.3, 0.4) is 0 Å². The number of nitrogens with one attached hydrogen (secondary N) is 2. The number of hydrogen-bond donors (Lipinski definition) is 2. The molecule has 0 amide bonds. The van der Waals surface area contributed by atoms with Crippen LogP contribution in [0.2, 0.25) is 0 Å². The number of guanidine groups is 1. The predicted molar refractivity (Wildman–Crippen MR) is 63.0 cm³/mol. The lowest BCUT2D eigenvalue weighted by atomic mass is 10.1. The van der Waals surface area contributed by atoms with Crippen molar-refractivity contribution in [1.82, 2.24) is 10.6 Å². The summed E-state index contributed by atoms with van der Waals surface area (Å²) in [5.74, 6) is 1.00. The molecule has 3 nitrogen and oxygen atoms in total. The van der Waals surface area contributed by atoms with E-state index in [-0.39, 0.29) is 0 Å². The van der Waals surface area contributed by atoms with Crippen LogP contribution >= 0.6 is 11.8 Å². The third-order valence-electron chi connectivity index (χ3n) is 3.20. The second-order valence-electron chi connectivity index (χ2n) is 4.10. The first-order valence-corrected chi connectivity index (χ1v) is 6.64. The average Bonchev–Trinajstić information content (AvgIpc) is 2.87. The number of rotatable bonds is 3. The van der Waals surface area contributed by atoms with Gasteiger partial charge in [-0.3, -0.25) is 4.99 Å². The van der Waals surface area contributed by atoms with E-state index in [1.807, 2.05) is 11.8 Å². The first-order chi connectivity index (χ1) is 6.85. The van der Waals surface area contributed by atoms with E-state index in [4.69, 9.17) is 0 Å². The predicted octanol–water partition coefficient (Wildman–Crippen LogP) is 1.21. The lowest BCUT2D eigenvalue weighted by Gasteiger charge is -2.27. The van der Waals surface area contributed by atoms with Gasteiger partial charge < -0.3 is 10.6 Å². The minimum atomic E-state index is 0.479. The van der Waals surface area contributed by atoms with Crippen molar-refractivity contribution in [2.75, 3.05) is 25.9 Å². The van der Waals surface area contributed by atoms with Gasteiger partial charge in [0, 0.05) is 17.8 Å². The summed E-state index contributed by atoms with van der Waals surface area (Å²) in [7, 11) is 0. The summed E-state index contributed by atoms with van der Waals surface area (Å²) in [5, 5.41) is 6.68. The largest absolute Gasteiger partial charge is 0.355 e. The van der Waals surface area contributed by atoms with Gasteiger partial charge in [-0.05, 0) is 19.1 Å². The summed E-state index contributed by atoms with van der Waals surface area (Å²) >= 11 is 2.02. The molecule has 0 unspecified atom stereocenters. The topological polar surface area (TPSA) is 36.4 Å². The highest BCUT2D eigenvalue weighted by Gasteiger charge is 2.32. The molecule has 0 aromatic heterocycles. The van der Waals surface area contributed by atoms with Gasteiger partial charge in [0.25, 0.3) is 0 Å². The van der Waals surface area contributed by atoms with E-state index in [2.05, 4.69) is 21.9 Å². The standard InChI is InChI=1S/C10H19N3S/c1-14-10(4-2-3-5-10)8-13-9-11-6-7-12-9/h2-8H2,1H3,(H2,11,12,13). The van der Waals surface area contributed by atoms with Crippen molar-refractivity contribution in [3.8, 4) is 0 Å². The van der Waals surface area contributed by atoms with E-state index >= 15 is 0 Å². The monoisotopic (exact) mass is 213 g/mol. The van der Waals surface area contributed by atoms with Crippen LogP contribution < -0.4 is 10.6 Å². The quantitative estimate of drug-likeness (QED) is 0.740. The number of hydrogen-bond acceptors (Lipinski definition) is 4. The number of nitrogens with zero attached hydrogens (tertiary/aromatic N) is 1. The van der Waals surface area contributed by atoms with Crippen LogP contribution in [0.15, 0.2) is 4.99 Å². The van der Waals surface area contributed by atoms with Gasteiger partial charge >= 0.3 is 0 Å². The van der Waals surface area contributed by atoms with Crippen molar-refractivity contribution in [1.29, 1.82) is 0 Å². The summed E-state index contributed by atoms with van der Waals surface area (Å²) in [4.78, 5) is 4.35. The van der Waals surface area contributed by atoms with Crippen molar-refractivity contribution in [2.45, 2.75) is 30.4 Å². The fraction of sp³-hybridized carbons (Fsp3) is 0.900. The Morgan fingerprint density at radius 2 is 2.29 bits per heavy atom. The molecule has 4 heteroatoms. The van der Waals surface area contributed by atoms with Crippen LogP contribution in [0, 0.1) is 0 Å². The Bertz CT molecular complexity index is 221. The van der Waals surface area contributed by atoms with Crippen LogP contribution in [0.1, 0.15) is 25.7 Å². The van der Waals surface area contributed by atoms with E-state index < -0.39 is 0 Å². The van der Waals surface area contributed by atoms with E-state index in [1.54, 1.807) is 0 Å². The van der Waals surface area contributed by atoms with Gasteiger partial charge in [-0.15, -0.1) is 0 Å². The maximum absolute atomic E-state index is 4.35. The zero-order valence-electron chi connectivity index (χ0n) is 8.81. The molecule has 1 saturated carbocycles. The van der Waals surface area contributed by atoms with E-state index in [0.717, 1.165) is 25.6 Å². The van der Waals surface area contributed by atoms with Gasteiger partial charge in [0.1, 0.15) is 0 Å². The second kappa shape index (κ2) is 4.43. The van der Waals surface area contributed by atoms with Crippen LogP contribution in [-0.2, 0) is 0 Å². The van der Waals surface area contributed by atoms with Gasteiger partial charge in [0.05, 0.1) is 6.54 Å². The van der Waals surface area contributed by atoms with Gasteiger partial charge in [0.15, 0.2) is 5.96 Å². The Labute approximate surface area is 90.1 Å². The fourth-order valence-electron chi connectivity index (χ4n) is 2.23. The third kappa shape index (κ3) is 2.16. The molecule has 1 aliphatic carbocycles. The minimum Gasteiger partial charge on any atom is -0.355 e. The molecule has 1 aliphatic heterocycles. The fourth-order valence-corrected chi connectivity index (χ4v) is 3.15. The lowest BCUT2D eigenvalue weighted by Crippen LogP contribution is -2.42. The third-order valence-corrected chi connectivity index (χ3v) is 4.62. The second-order valence-corrected chi connectivity index (χ2v) is 5.38. The Balaban J connectivity index is 1.82. The summed E-state index contributed by atoms with van der Waals surface area (Å²) in [5.41, 5.74) is 0. The van der Waals surface area contributed by atoms with Crippen LogP contribution in [0.4, 0.5) is 0 Å². The first-order valence-electron chi connectivity index (χ1n) is 5.42. The summed E-state index contributed by atoms with van der Waals surface area (Å²) in [6, 6.07) is 0. The smallest absolute Gasteiger partial charge is 0.191 e. The Hall–Kier alpha value is -0.380. The molecule has 0 aromatic rings. The van der Waals surface area contributed by atoms with Crippen molar-refractivity contribution in [3.05, 3.63) is 0 Å². The van der Waals surface area contributed by atoms with E-state index in [1.165, 1.54) is 25.7 Å². The Morgan fingerprint density at radius 1 is 1.50 bits per heavy atom. The molecule has 1 fully saturated rings. The van der Waals surface area contributed by atoms with Gasteiger partial charge in [-0.2, -0.15) is 11.8 Å². The molecule has 14 heavy (non-hydrogen) atoms. The molecule has 0 radical (unpaired) electrons. The van der Waals surface area contributed by atoms with E-state index in [0.29, 0.717) is 4.75 Å². The minimum absolute atomic E-state index is 0.479. The van der Waals surface area contributed by atoms with Crippen LogP contribution in [0.5, 0.6) is 0 Å². The molecule has 0 aromatic carbocycles. The highest BCUT2D eigenvalue weighted by atomic mass is 32.2. The molecule has 1 heterocycles. The molecule has 0 atom stereocenters. The maximum Gasteiger partial charge on any atom is 0.191 e. The van der Waals surface area contributed by atoms with Crippen molar-refractivity contribution in [3.63, 3.8) is 0 Å². The zero-order valence-corrected chi connectivity index (χ0v) is 9.62. The van der Waals surface area contributed by atoms with E-state index in [9.17, 15) is 0 Å². The molecule has 2 rings (SSSR count).